The molecule has 0 aromatic heterocycles. The van der Waals surface area contributed by atoms with E-state index < -0.39 is 21.8 Å². The van der Waals surface area contributed by atoms with Crippen molar-refractivity contribution < 1.29 is 18.0 Å². The number of nitrogens with one attached hydrogen (secondary N) is 3. The largest absolute Gasteiger partial charge is 0.376 e. The lowest BCUT2D eigenvalue weighted by Crippen LogP contribution is -2.40. The Morgan fingerprint density at radius 2 is 1.90 bits per heavy atom. The molecule has 3 amide bonds. The molecule has 7 nitrogen and oxygen atoms in total. The maximum Gasteiger partial charge on any atom is 0.321 e. The SMILES string of the molecule is CNC(=O)NC(=O)CNc1cc(S(C)(=O)=O)ccc1C. The van der Waals surface area contributed by atoms with Crippen molar-refractivity contribution in [3.8, 4) is 0 Å². The number of carbonyl (C=O) groups excluding carboxylic acids is 2. The number of amides is 3. The Morgan fingerprint density at radius 3 is 2.45 bits per heavy atom. The summed E-state index contributed by atoms with van der Waals surface area (Å²) in [6.45, 7) is 1.65. The van der Waals surface area contributed by atoms with Gasteiger partial charge in [-0.1, -0.05) is 6.07 Å². The molecule has 0 aliphatic heterocycles. The molecule has 0 heterocycles. The summed E-state index contributed by atoms with van der Waals surface area (Å²) in [5.74, 6) is -0.520. The summed E-state index contributed by atoms with van der Waals surface area (Å²) in [6, 6.07) is 4.01. The fourth-order valence-corrected chi connectivity index (χ4v) is 2.08. The number of benzene rings is 1. The van der Waals surface area contributed by atoms with Crippen LogP contribution in [-0.4, -0.2) is 40.2 Å². The highest BCUT2D eigenvalue weighted by molar-refractivity contribution is 7.90. The maximum absolute atomic E-state index is 11.5. The first-order valence-corrected chi connectivity index (χ1v) is 7.69. The van der Waals surface area contributed by atoms with Gasteiger partial charge in [0.1, 0.15) is 0 Å². The Labute approximate surface area is 117 Å². The number of rotatable bonds is 4. The molecule has 0 spiro atoms. The van der Waals surface area contributed by atoms with E-state index in [9.17, 15) is 18.0 Å². The summed E-state index contributed by atoms with van der Waals surface area (Å²) in [5.41, 5.74) is 1.32. The van der Waals surface area contributed by atoms with Crippen LogP contribution in [0.25, 0.3) is 0 Å². The molecule has 0 atom stereocenters. The molecule has 1 aromatic rings. The average molecular weight is 299 g/mol. The molecule has 0 unspecified atom stereocenters. The van der Waals surface area contributed by atoms with Crippen molar-refractivity contribution in [2.24, 2.45) is 0 Å². The summed E-state index contributed by atoms with van der Waals surface area (Å²) in [4.78, 5) is 22.5. The third-order valence-corrected chi connectivity index (χ3v) is 3.67. The second-order valence-corrected chi connectivity index (χ2v) is 6.25. The van der Waals surface area contributed by atoms with Crippen molar-refractivity contribution in [3.05, 3.63) is 23.8 Å². The quantitative estimate of drug-likeness (QED) is 0.740. The monoisotopic (exact) mass is 299 g/mol. The van der Waals surface area contributed by atoms with Crippen LogP contribution < -0.4 is 16.0 Å². The second-order valence-electron chi connectivity index (χ2n) is 4.23. The fraction of sp³-hybridized carbons (Fsp3) is 0.333. The van der Waals surface area contributed by atoms with Crippen molar-refractivity contribution >= 4 is 27.5 Å². The van der Waals surface area contributed by atoms with Crippen molar-refractivity contribution in [3.63, 3.8) is 0 Å². The minimum Gasteiger partial charge on any atom is -0.376 e. The summed E-state index contributed by atoms with van der Waals surface area (Å²) < 4.78 is 22.9. The molecular formula is C12H17N3O4S. The van der Waals surface area contributed by atoms with Crippen LogP contribution in [0.1, 0.15) is 5.56 Å². The number of aryl methyl sites for hydroxylation is 1. The van der Waals surface area contributed by atoms with Gasteiger partial charge >= 0.3 is 6.03 Å². The predicted molar refractivity (Wildman–Crippen MR) is 75.4 cm³/mol. The van der Waals surface area contributed by atoms with Crippen LogP contribution in [0.5, 0.6) is 0 Å². The predicted octanol–water partition coefficient (Wildman–Crippen LogP) is 0.266. The van der Waals surface area contributed by atoms with Crippen LogP contribution in [0.15, 0.2) is 23.1 Å². The summed E-state index contributed by atoms with van der Waals surface area (Å²) in [7, 11) is -1.91. The Hall–Kier alpha value is -2.09. The molecule has 0 bridgehead atoms. The smallest absolute Gasteiger partial charge is 0.321 e. The molecule has 8 heteroatoms. The zero-order valence-corrected chi connectivity index (χ0v) is 12.3. The summed E-state index contributed by atoms with van der Waals surface area (Å²) in [6.07, 6.45) is 1.11. The number of anilines is 1. The molecule has 0 radical (unpaired) electrons. The summed E-state index contributed by atoms with van der Waals surface area (Å²) in [5, 5.41) is 7.15. The molecule has 3 N–H and O–H groups in total. The van der Waals surface area contributed by atoms with E-state index in [4.69, 9.17) is 0 Å². The molecular weight excluding hydrogens is 282 g/mol. The molecule has 1 aromatic carbocycles. The highest BCUT2D eigenvalue weighted by Crippen LogP contribution is 2.19. The van der Waals surface area contributed by atoms with E-state index in [1.54, 1.807) is 13.0 Å². The normalized spacial score (nSPS) is 10.8. The van der Waals surface area contributed by atoms with Gasteiger partial charge in [0.25, 0.3) is 0 Å². The Morgan fingerprint density at radius 1 is 1.25 bits per heavy atom. The van der Waals surface area contributed by atoms with Gasteiger partial charge in [-0.25, -0.2) is 13.2 Å². The van der Waals surface area contributed by atoms with Gasteiger partial charge in [-0.3, -0.25) is 10.1 Å². The Balaban J connectivity index is 2.78. The molecule has 1 rings (SSSR count). The minimum absolute atomic E-state index is 0.137. The van der Waals surface area contributed by atoms with E-state index in [-0.39, 0.29) is 11.4 Å². The Kier molecular flexibility index (Phi) is 5.09. The van der Waals surface area contributed by atoms with Gasteiger partial charge < -0.3 is 10.6 Å². The standard InChI is InChI=1S/C12H17N3O4S/c1-8-4-5-9(20(3,18)19)6-10(8)14-7-11(16)15-12(17)13-2/h4-6,14H,7H2,1-3H3,(H2,13,15,16,17). The van der Waals surface area contributed by atoms with Gasteiger partial charge in [0.2, 0.25) is 5.91 Å². The number of imide groups is 1. The lowest BCUT2D eigenvalue weighted by atomic mass is 10.2. The molecule has 110 valence electrons. The van der Waals surface area contributed by atoms with E-state index in [0.29, 0.717) is 5.69 Å². The highest BCUT2D eigenvalue weighted by atomic mass is 32.2. The molecule has 0 fully saturated rings. The molecule has 0 saturated heterocycles. The molecule has 0 aliphatic carbocycles. The minimum atomic E-state index is -3.31. The van der Waals surface area contributed by atoms with Crippen molar-refractivity contribution in [1.29, 1.82) is 0 Å². The third kappa shape index (κ3) is 4.54. The first kappa shape index (κ1) is 16.0. The number of carbonyl (C=O) groups is 2. The van der Waals surface area contributed by atoms with Gasteiger partial charge in [-0.05, 0) is 24.6 Å². The van der Waals surface area contributed by atoms with Crippen LogP contribution in [-0.2, 0) is 14.6 Å². The molecule has 0 aliphatic rings. The second kappa shape index (κ2) is 6.38. The lowest BCUT2D eigenvalue weighted by Gasteiger charge is -2.11. The van der Waals surface area contributed by atoms with Crippen molar-refractivity contribution in [2.45, 2.75) is 11.8 Å². The van der Waals surface area contributed by atoms with E-state index in [1.165, 1.54) is 19.2 Å². The number of hydrogen-bond acceptors (Lipinski definition) is 5. The van der Waals surface area contributed by atoms with Gasteiger partial charge in [0, 0.05) is 19.0 Å². The van der Waals surface area contributed by atoms with Crippen LogP contribution in [0, 0.1) is 6.92 Å². The lowest BCUT2D eigenvalue weighted by molar-refractivity contribution is -0.118. The maximum atomic E-state index is 11.5. The van der Waals surface area contributed by atoms with Gasteiger partial charge in [-0.15, -0.1) is 0 Å². The fourth-order valence-electron chi connectivity index (χ4n) is 1.43. The van der Waals surface area contributed by atoms with Crippen molar-refractivity contribution in [2.75, 3.05) is 25.2 Å². The van der Waals surface area contributed by atoms with Crippen LogP contribution in [0.4, 0.5) is 10.5 Å². The number of sulfone groups is 1. The van der Waals surface area contributed by atoms with Gasteiger partial charge in [-0.2, -0.15) is 0 Å². The average Bonchev–Trinajstić information content (AvgIpc) is 2.36. The van der Waals surface area contributed by atoms with E-state index in [0.717, 1.165) is 11.8 Å². The van der Waals surface area contributed by atoms with E-state index >= 15 is 0 Å². The highest BCUT2D eigenvalue weighted by Gasteiger charge is 2.11. The molecule has 20 heavy (non-hydrogen) atoms. The number of urea groups is 1. The Bertz CT molecular complexity index is 626. The summed E-state index contributed by atoms with van der Waals surface area (Å²) >= 11 is 0. The van der Waals surface area contributed by atoms with Gasteiger partial charge in [0.05, 0.1) is 11.4 Å². The van der Waals surface area contributed by atoms with E-state index in [1.807, 2.05) is 0 Å². The third-order valence-electron chi connectivity index (χ3n) is 2.56. The molecule has 0 saturated carbocycles. The van der Waals surface area contributed by atoms with Gasteiger partial charge in [0.15, 0.2) is 9.84 Å². The first-order chi connectivity index (χ1) is 9.24. The zero-order valence-electron chi connectivity index (χ0n) is 11.5. The van der Waals surface area contributed by atoms with Crippen LogP contribution in [0.3, 0.4) is 0 Å². The first-order valence-electron chi connectivity index (χ1n) is 5.80. The number of hydrogen-bond donors (Lipinski definition) is 3. The van der Waals surface area contributed by atoms with Crippen LogP contribution in [0.2, 0.25) is 0 Å². The van der Waals surface area contributed by atoms with E-state index in [2.05, 4.69) is 16.0 Å². The topological polar surface area (TPSA) is 104 Å². The zero-order chi connectivity index (χ0) is 15.3. The van der Waals surface area contributed by atoms with Crippen molar-refractivity contribution in [1.82, 2.24) is 10.6 Å². The van der Waals surface area contributed by atoms with Crippen LogP contribution >= 0.6 is 0 Å².